The van der Waals surface area contributed by atoms with E-state index >= 15 is 0 Å². The molecule has 0 saturated carbocycles. The molecule has 1 aliphatic heterocycles. The molecule has 0 aliphatic carbocycles. The zero-order chi connectivity index (χ0) is 17.7. The van der Waals surface area contributed by atoms with Crippen LogP contribution in [-0.2, 0) is 9.53 Å². The molecule has 1 saturated heterocycles. The number of rotatable bonds is 4. The summed E-state index contributed by atoms with van der Waals surface area (Å²) in [5.74, 6) is -0.447. The van der Waals surface area contributed by atoms with Crippen molar-refractivity contribution in [2.75, 3.05) is 39.9 Å². The number of nitrogens with zero attached hydrogens (tertiary/aromatic N) is 2. The Labute approximate surface area is 143 Å². The highest BCUT2D eigenvalue weighted by molar-refractivity contribution is 6.33. The number of methoxy groups -OCH3 is 1. The molecule has 1 heterocycles. The number of carbonyl (C=O) groups excluding carboxylic acids is 2. The van der Waals surface area contributed by atoms with E-state index in [-0.39, 0.29) is 36.2 Å². The van der Waals surface area contributed by atoms with Crippen molar-refractivity contribution in [3.05, 3.63) is 28.8 Å². The fourth-order valence-electron chi connectivity index (χ4n) is 2.24. The van der Waals surface area contributed by atoms with Crippen LogP contribution >= 0.6 is 11.6 Å². The Hall–Kier alpha value is -2.48. The standard InChI is InChI=1S/C15H17ClN2O6/c1-23-14(20)11-3-2-10(8-12(11)16)24-9-13(19)17-4-6-18(7-5-17)15(21)22/h2-3,8H,4-7,9H2,1H3,(H,21,22). The van der Waals surface area contributed by atoms with Gasteiger partial charge < -0.3 is 24.4 Å². The normalized spacial score (nSPS) is 14.2. The van der Waals surface area contributed by atoms with Gasteiger partial charge in [-0.2, -0.15) is 0 Å². The quantitative estimate of drug-likeness (QED) is 0.817. The Morgan fingerprint density at radius 2 is 1.79 bits per heavy atom. The summed E-state index contributed by atoms with van der Waals surface area (Å²) in [4.78, 5) is 37.1. The number of hydrogen-bond donors (Lipinski definition) is 1. The average Bonchev–Trinajstić information content (AvgIpc) is 2.59. The summed E-state index contributed by atoms with van der Waals surface area (Å²) in [6.07, 6.45) is -0.987. The summed E-state index contributed by atoms with van der Waals surface area (Å²) in [5.41, 5.74) is 0.211. The summed E-state index contributed by atoms with van der Waals surface area (Å²) in [7, 11) is 1.26. The summed E-state index contributed by atoms with van der Waals surface area (Å²) in [5, 5.41) is 9.04. The van der Waals surface area contributed by atoms with E-state index in [9.17, 15) is 14.4 Å². The first kappa shape index (κ1) is 17.9. The molecule has 1 N–H and O–H groups in total. The molecular weight excluding hydrogens is 340 g/mol. The monoisotopic (exact) mass is 356 g/mol. The van der Waals surface area contributed by atoms with E-state index in [0.717, 1.165) is 0 Å². The summed E-state index contributed by atoms with van der Waals surface area (Å²) in [6, 6.07) is 4.41. The van der Waals surface area contributed by atoms with Gasteiger partial charge in [-0.3, -0.25) is 4.79 Å². The molecule has 1 aromatic rings. The Balaban J connectivity index is 1.87. The maximum atomic E-state index is 12.1. The first-order chi connectivity index (χ1) is 11.4. The number of esters is 1. The van der Waals surface area contributed by atoms with Crippen LogP contribution < -0.4 is 4.74 Å². The molecule has 9 heteroatoms. The lowest BCUT2D eigenvalue weighted by Crippen LogP contribution is -2.51. The predicted molar refractivity (Wildman–Crippen MR) is 84.5 cm³/mol. The zero-order valence-corrected chi connectivity index (χ0v) is 13.8. The molecule has 8 nitrogen and oxygen atoms in total. The molecule has 1 aromatic carbocycles. The van der Waals surface area contributed by atoms with Crippen molar-refractivity contribution in [3.63, 3.8) is 0 Å². The van der Waals surface area contributed by atoms with Gasteiger partial charge in [0, 0.05) is 26.2 Å². The van der Waals surface area contributed by atoms with Crippen LogP contribution in [0.2, 0.25) is 5.02 Å². The van der Waals surface area contributed by atoms with E-state index in [1.54, 1.807) is 4.90 Å². The fourth-order valence-corrected chi connectivity index (χ4v) is 2.49. The maximum Gasteiger partial charge on any atom is 0.407 e. The first-order valence-corrected chi connectivity index (χ1v) is 7.56. The van der Waals surface area contributed by atoms with Crippen LogP contribution in [0, 0.1) is 0 Å². The number of amides is 2. The lowest BCUT2D eigenvalue weighted by atomic mass is 10.2. The molecule has 0 aromatic heterocycles. The highest BCUT2D eigenvalue weighted by Crippen LogP contribution is 2.23. The third-order valence-electron chi connectivity index (χ3n) is 3.61. The second kappa shape index (κ2) is 7.87. The first-order valence-electron chi connectivity index (χ1n) is 7.18. The van der Waals surface area contributed by atoms with Crippen LogP contribution in [0.3, 0.4) is 0 Å². The zero-order valence-electron chi connectivity index (χ0n) is 13.0. The molecule has 1 fully saturated rings. The number of hydrogen-bond acceptors (Lipinski definition) is 5. The Morgan fingerprint density at radius 3 is 2.33 bits per heavy atom. The van der Waals surface area contributed by atoms with E-state index in [0.29, 0.717) is 18.8 Å². The molecule has 1 aliphatic rings. The Morgan fingerprint density at radius 1 is 1.17 bits per heavy atom. The maximum absolute atomic E-state index is 12.1. The Kier molecular flexibility index (Phi) is 5.86. The number of piperazine rings is 1. The van der Waals surface area contributed by atoms with Gasteiger partial charge in [0.15, 0.2) is 6.61 Å². The van der Waals surface area contributed by atoms with E-state index < -0.39 is 12.1 Å². The molecule has 130 valence electrons. The number of carboxylic acid groups (broad SMARTS) is 1. The molecular formula is C15H17ClN2O6. The van der Waals surface area contributed by atoms with Crippen molar-refractivity contribution in [3.8, 4) is 5.75 Å². The average molecular weight is 357 g/mol. The smallest absolute Gasteiger partial charge is 0.407 e. The minimum Gasteiger partial charge on any atom is -0.484 e. The molecule has 0 unspecified atom stereocenters. The summed E-state index contributed by atoms with van der Waals surface area (Å²) >= 11 is 5.98. The number of ether oxygens (including phenoxy) is 2. The van der Waals surface area contributed by atoms with Gasteiger partial charge in [0.05, 0.1) is 17.7 Å². The molecule has 2 rings (SSSR count). The van der Waals surface area contributed by atoms with Gasteiger partial charge in [-0.1, -0.05) is 11.6 Å². The van der Waals surface area contributed by atoms with Gasteiger partial charge in [0.1, 0.15) is 5.75 Å². The van der Waals surface area contributed by atoms with Crippen LogP contribution in [0.25, 0.3) is 0 Å². The SMILES string of the molecule is COC(=O)c1ccc(OCC(=O)N2CCN(C(=O)O)CC2)cc1Cl. The molecule has 2 amide bonds. The second-order valence-corrected chi connectivity index (χ2v) is 5.48. The Bertz CT molecular complexity index is 643. The largest absolute Gasteiger partial charge is 0.484 e. The highest BCUT2D eigenvalue weighted by atomic mass is 35.5. The van der Waals surface area contributed by atoms with Crippen LogP contribution in [0.15, 0.2) is 18.2 Å². The molecule has 0 spiro atoms. The lowest BCUT2D eigenvalue weighted by molar-refractivity contribution is -0.134. The van der Waals surface area contributed by atoms with Crippen molar-refractivity contribution in [1.82, 2.24) is 9.80 Å². The van der Waals surface area contributed by atoms with Crippen molar-refractivity contribution >= 4 is 29.6 Å². The molecule has 0 bridgehead atoms. The van der Waals surface area contributed by atoms with E-state index in [2.05, 4.69) is 4.74 Å². The third-order valence-corrected chi connectivity index (χ3v) is 3.92. The minimum absolute atomic E-state index is 0.168. The summed E-state index contributed by atoms with van der Waals surface area (Å²) in [6.45, 7) is 1.02. The lowest BCUT2D eigenvalue weighted by Gasteiger charge is -2.33. The van der Waals surface area contributed by atoms with Gasteiger partial charge in [-0.15, -0.1) is 0 Å². The highest BCUT2D eigenvalue weighted by Gasteiger charge is 2.24. The molecule has 0 radical (unpaired) electrons. The minimum atomic E-state index is -0.987. The van der Waals surface area contributed by atoms with Gasteiger partial charge in [-0.25, -0.2) is 9.59 Å². The summed E-state index contributed by atoms with van der Waals surface area (Å²) < 4.78 is 9.98. The van der Waals surface area contributed by atoms with E-state index in [4.69, 9.17) is 21.4 Å². The third kappa shape index (κ3) is 4.29. The predicted octanol–water partition coefficient (Wildman–Crippen LogP) is 1.33. The van der Waals surface area contributed by atoms with Crippen LogP contribution in [0.5, 0.6) is 5.75 Å². The molecule has 24 heavy (non-hydrogen) atoms. The van der Waals surface area contributed by atoms with E-state index in [1.165, 1.54) is 30.2 Å². The fraction of sp³-hybridized carbons (Fsp3) is 0.400. The number of halogens is 1. The van der Waals surface area contributed by atoms with Gasteiger partial charge >= 0.3 is 12.1 Å². The molecule has 0 atom stereocenters. The van der Waals surface area contributed by atoms with Crippen LogP contribution in [0.1, 0.15) is 10.4 Å². The van der Waals surface area contributed by atoms with Crippen molar-refractivity contribution < 1.29 is 29.0 Å². The van der Waals surface area contributed by atoms with Gasteiger partial charge in [0.2, 0.25) is 0 Å². The van der Waals surface area contributed by atoms with Crippen molar-refractivity contribution in [2.24, 2.45) is 0 Å². The van der Waals surface area contributed by atoms with Crippen LogP contribution in [-0.4, -0.2) is 72.8 Å². The topological polar surface area (TPSA) is 96.4 Å². The van der Waals surface area contributed by atoms with Crippen molar-refractivity contribution in [1.29, 1.82) is 0 Å². The van der Waals surface area contributed by atoms with Crippen LogP contribution in [0.4, 0.5) is 4.79 Å². The number of carbonyl (C=O) groups is 3. The second-order valence-electron chi connectivity index (χ2n) is 5.07. The van der Waals surface area contributed by atoms with Gasteiger partial charge in [0.25, 0.3) is 5.91 Å². The number of benzene rings is 1. The van der Waals surface area contributed by atoms with Crippen molar-refractivity contribution in [2.45, 2.75) is 0 Å². The van der Waals surface area contributed by atoms with E-state index in [1.807, 2.05) is 0 Å². The van der Waals surface area contributed by atoms with Gasteiger partial charge in [-0.05, 0) is 18.2 Å².